The van der Waals surface area contributed by atoms with Gasteiger partial charge in [0.1, 0.15) is 12.4 Å². The van der Waals surface area contributed by atoms with Gasteiger partial charge in [-0.2, -0.15) is 18.2 Å². The van der Waals surface area contributed by atoms with Gasteiger partial charge >= 0.3 is 6.18 Å². The zero-order chi connectivity index (χ0) is 23.7. The molecule has 0 unspecified atom stereocenters. The summed E-state index contributed by atoms with van der Waals surface area (Å²) < 4.78 is 44.4. The predicted molar refractivity (Wildman–Crippen MR) is 124 cm³/mol. The second-order valence-electron chi connectivity index (χ2n) is 6.06. The monoisotopic (exact) mass is 567 g/mol. The van der Waals surface area contributed by atoms with Crippen LogP contribution >= 0.6 is 34.8 Å². The first kappa shape index (κ1) is 26.5. The molecule has 1 amide bonds. The molecule has 1 atom stereocenters. The molecule has 2 aromatic rings. The molecule has 0 aliphatic heterocycles. The van der Waals surface area contributed by atoms with E-state index < -0.39 is 35.5 Å². The Morgan fingerprint density at radius 2 is 1.90 bits per heavy atom. The average Bonchev–Trinajstić information content (AvgIpc) is 2.74. The molecule has 2 aromatic carbocycles. The van der Waals surface area contributed by atoms with Crippen LogP contribution in [0.1, 0.15) is 12.5 Å². The lowest BCUT2D eigenvalue weighted by atomic mass is 10.1. The number of aliphatic imine (C=N–C) groups is 1. The van der Waals surface area contributed by atoms with Crippen molar-refractivity contribution < 1.29 is 27.8 Å². The van der Waals surface area contributed by atoms with Crippen LogP contribution in [0.4, 0.5) is 30.2 Å². The fourth-order valence-electron chi connectivity index (χ4n) is 2.16. The number of hydrogen-bond acceptors (Lipinski definition) is 5. The van der Waals surface area contributed by atoms with E-state index in [1.807, 2.05) is 4.93 Å². The molecule has 31 heavy (non-hydrogen) atoms. The molecule has 6 nitrogen and oxygen atoms in total. The summed E-state index contributed by atoms with van der Waals surface area (Å²) >= 11 is 6.64. The zero-order valence-electron chi connectivity index (χ0n) is 16.3. The quantitative estimate of drug-likeness (QED) is 0.152. The average molecular weight is 567 g/mol. The standard InChI is InChI=1S/C19H14F3N3O3S.CH3I/c1-18(27,10-28-14-6-3-12(4-7-14)24-11-29)17(26)25-13-5-8-16(23-2)15(9-13)19(20,21)22;1-2/h3-9,27H,10H2,1H3,(H,25,26);1H3/t18-;/m0./s1/i;2+4. The van der Waals surface area contributed by atoms with Gasteiger partial charge in [-0.1, -0.05) is 28.7 Å². The van der Waals surface area contributed by atoms with Crippen LogP contribution in [0.15, 0.2) is 47.5 Å². The molecule has 164 valence electrons. The first-order valence-corrected chi connectivity index (χ1v) is 10.9. The molecule has 0 radical (unpaired) electrons. The normalized spacial score (nSPS) is 12.2. The maximum atomic E-state index is 13.0. The van der Waals surface area contributed by atoms with Gasteiger partial charge in [-0.05, 0) is 60.5 Å². The van der Waals surface area contributed by atoms with Crippen molar-refractivity contribution in [1.82, 2.24) is 0 Å². The molecule has 0 heterocycles. The van der Waals surface area contributed by atoms with E-state index in [0.717, 1.165) is 19.1 Å². The minimum absolute atomic E-state index is 0.211. The van der Waals surface area contributed by atoms with Crippen molar-refractivity contribution >= 4 is 62.9 Å². The van der Waals surface area contributed by atoms with E-state index in [2.05, 4.69) is 55.1 Å². The molecule has 2 N–H and O–H groups in total. The molecule has 11 heteroatoms. The van der Waals surface area contributed by atoms with Gasteiger partial charge in [0.25, 0.3) is 5.91 Å². The molecule has 0 aliphatic carbocycles. The lowest BCUT2D eigenvalue weighted by Crippen LogP contribution is -2.45. The number of nitrogens with zero attached hydrogens (tertiary/aromatic N) is 2. The Hall–Kier alpha value is -2.52. The summed E-state index contributed by atoms with van der Waals surface area (Å²) in [7, 11) is 0. The van der Waals surface area contributed by atoms with Gasteiger partial charge in [0.2, 0.25) is 0 Å². The molecular weight excluding hydrogens is 550 g/mol. The second-order valence-corrected chi connectivity index (χ2v) is 6.24. The van der Waals surface area contributed by atoms with Crippen LogP contribution in [0.2, 0.25) is 0 Å². The van der Waals surface area contributed by atoms with E-state index in [1.54, 1.807) is 12.1 Å². The van der Waals surface area contributed by atoms with Crippen molar-refractivity contribution in [2.24, 2.45) is 4.99 Å². The van der Waals surface area contributed by atoms with Crippen LogP contribution in [-0.2, 0) is 11.0 Å². The molecule has 0 aliphatic rings. The summed E-state index contributed by atoms with van der Waals surface area (Å²) in [4.78, 5) is 20.8. The summed E-state index contributed by atoms with van der Waals surface area (Å²) in [6.07, 6.45) is -4.76. The number of halogens is 4. The van der Waals surface area contributed by atoms with Crippen molar-refractivity contribution in [2.75, 3.05) is 16.9 Å². The minimum atomic E-state index is -4.76. The Bertz CT molecular complexity index is 999. The van der Waals surface area contributed by atoms with Gasteiger partial charge in [0.05, 0.1) is 23.0 Å². The molecule has 2 rings (SSSR count). The third kappa shape index (κ3) is 7.91. The predicted octanol–water partition coefficient (Wildman–Crippen LogP) is 5.81. The molecule has 0 fully saturated rings. The summed E-state index contributed by atoms with van der Waals surface area (Å²) in [5.74, 6) is -0.634. The van der Waals surface area contributed by atoms with Crippen molar-refractivity contribution in [3.8, 4) is 5.75 Å². The molecule has 0 bridgehead atoms. The van der Waals surface area contributed by atoms with E-state index >= 15 is 0 Å². The number of nitrogens with one attached hydrogen (secondary N) is 1. The lowest BCUT2D eigenvalue weighted by molar-refractivity contribution is -0.137. The number of ether oxygens (including phenoxy) is 1. The van der Waals surface area contributed by atoms with Gasteiger partial charge in [-0.25, -0.2) is 4.85 Å². The topological polar surface area (TPSA) is 75.3 Å². The van der Waals surface area contributed by atoms with Crippen LogP contribution in [0.3, 0.4) is 0 Å². The number of benzene rings is 2. The number of rotatable bonds is 6. The molecule has 0 saturated carbocycles. The van der Waals surface area contributed by atoms with E-state index in [-0.39, 0.29) is 5.69 Å². The number of amides is 1. The second kappa shape index (κ2) is 11.8. The molecular formula is C20H17F3IN3O3S. The van der Waals surface area contributed by atoms with Crippen LogP contribution in [0.5, 0.6) is 5.75 Å². The largest absolute Gasteiger partial charge is 0.490 e. The summed E-state index contributed by atoms with van der Waals surface area (Å²) in [6, 6.07) is 8.98. The first-order chi connectivity index (χ1) is 14.6. The highest BCUT2D eigenvalue weighted by atomic mass is 131. The zero-order valence-corrected chi connectivity index (χ0v) is 19.3. The van der Waals surface area contributed by atoms with E-state index in [0.29, 0.717) is 17.5 Å². The number of anilines is 1. The Kier molecular flexibility index (Phi) is 10.1. The third-order valence-corrected chi connectivity index (χ3v) is 3.79. The van der Waals surface area contributed by atoms with Crippen LogP contribution in [0, 0.1) is 6.57 Å². The van der Waals surface area contributed by atoms with Crippen molar-refractivity contribution in [2.45, 2.75) is 18.7 Å². The SMILES string of the molecule is C[131I].[C-]#[N+]c1ccc(NC(=O)[C@@](C)(O)COc2ccc(N=C=S)cc2)cc1C(F)(F)F. The fourth-order valence-corrected chi connectivity index (χ4v) is 2.27. The number of alkyl halides is 4. The van der Waals surface area contributed by atoms with Crippen LogP contribution in [-0.4, -0.2) is 33.3 Å². The van der Waals surface area contributed by atoms with Crippen molar-refractivity contribution in [3.05, 3.63) is 59.4 Å². The van der Waals surface area contributed by atoms with Gasteiger partial charge < -0.3 is 15.2 Å². The fraction of sp³-hybridized carbons (Fsp3) is 0.250. The summed E-state index contributed by atoms with van der Waals surface area (Å²) in [5.41, 5.74) is -3.48. The number of hydrogen-bond donors (Lipinski definition) is 2. The van der Waals surface area contributed by atoms with Crippen molar-refractivity contribution in [1.29, 1.82) is 0 Å². The highest BCUT2D eigenvalue weighted by Gasteiger charge is 2.35. The molecule has 0 saturated heterocycles. The maximum absolute atomic E-state index is 13.0. The number of isothiocyanates is 1. The highest BCUT2D eigenvalue weighted by Crippen LogP contribution is 2.38. The van der Waals surface area contributed by atoms with E-state index in [9.17, 15) is 23.1 Å². The third-order valence-electron chi connectivity index (χ3n) is 3.70. The number of carbonyl (C=O) groups excluding carboxylic acids is 1. The maximum Gasteiger partial charge on any atom is 0.407 e. The molecule has 0 aromatic heterocycles. The number of aliphatic hydroxyl groups is 1. The summed E-state index contributed by atoms with van der Waals surface area (Å²) in [6.45, 7) is 7.52. The Balaban J connectivity index is 0.00000233. The van der Waals surface area contributed by atoms with Gasteiger partial charge in [0.15, 0.2) is 11.3 Å². The lowest BCUT2D eigenvalue weighted by Gasteiger charge is -2.23. The van der Waals surface area contributed by atoms with Gasteiger partial charge in [0, 0.05) is 5.69 Å². The van der Waals surface area contributed by atoms with Gasteiger partial charge in [-0.15, -0.1) is 0 Å². The smallest absolute Gasteiger partial charge is 0.407 e. The Labute approximate surface area is 196 Å². The number of carbonyl (C=O) groups is 1. The number of thiocarbonyl (C=S) groups is 1. The Morgan fingerprint density at radius 3 is 2.42 bits per heavy atom. The summed E-state index contributed by atoms with van der Waals surface area (Å²) in [5, 5.41) is 14.7. The first-order valence-electron chi connectivity index (χ1n) is 8.38. The van der Waals surface area contributed by atoms with Gasteiger partial charge in [-0.3, -0.25) is 4.79 Å². The Morgan fingerprint density at radius 1 is 1.29 bits per heavy atom. The van der Waals surface area contributed by atoms with Crippen LogP contribution < -0.4 is 10.1 Å². The van der Waals surface area contributed by atoms with Crippen LogP contribution in [0.25, 0.3) is 4.85 Å². The van der Waals surface area contributed by atoms with Crippen molar-refractivity contribution in [3.63, 3.8) is 0 Å². The minimum Gasteiger partial charge on any atom is -0.490 e. The highest BCUT2D eigenvalue weighted by molar-refractivity contribution is 14.1. The van der Waals surface area contributed by atoms with E-state index in [4.69, 9.17) is 11.3 Å². The van der Waals surface area contributed by atoms with E-state index in [1.165, 1.54) is 12.1 Å². The molecule has 0 spiro atoms.